The Morgan fingerprint density at radius 2 is 0.838 bits per heavy atom. The summed E-state index contributed by atoms with van der Waals surface area (Å²) in [5.41, 5.74) is 9.36. The summed E-state index contributed by atoms with van der Waals surface area (Å²) in [5, 5.41) is 5.48. The molecule has 0 aliphatic carbocycles. The van der Waals surface area contributed by atoms with Crippen LogP contribution in [0.3, 0.4) is 0 Å². The molecule has 2 fully saturated rings. The zero-order valence-corrected chi connectivity index (χ0v) is 38.1. The van der Waals surface area contributed by atoms with Crippen molar-refractivity contribution < 1.29 is 28.7 Å². The van der Waals surface area contributed by atoms with Gasteiger partial charge in [-0.05, 0) is 83.0 Å². The van der Waals surface area contributed by atoms with Gasteiger partial charge in [-0.15, -0.1) is 0 Å². The van der Waals surface area contributed by atoms with Crippen molar-refractivity contribution in [1.29, 1.82) is 0 Å². The molecule has 4 amide bonds. The van der Waals surface area contributed by atoms with Crippen molar-refractivity contribution in [2.24, 2.45) is 0 Å². The monoisotopic (exact) mass is 910 g/mol. The van der Waals surface area contributed by atoms with Crippen LogP contribution < -0.4 is 10.6 Å². The van der Waals surface area contributed by atoms with Crippen LogP contribution >= 0.6 is 0 Å². The molecule has 4 heterocycles. The minimum atomic E-state index is -0.885. The van der Waals surface area contributed by atoms with Crippen LogP contribution in [0.1, 0.15) is 85.5 Å². The van der Waals surface area contributed by atoms with Crippen molar-refractivity contribution in [2.45, 2.75) is 62.7 Å². The number of nitrogens with zero attached hydrogens (tertiary/aromatic N) is 4. The van der Waals surface area contributed by atoms with Gasteiger partial charge < -0.3 is 39.9 Å². The van der Waals surface area contributed by atoms with E-state index in [4.69, 9.17) is 19.4 Å². The summed E-state index contributed by atoms with van der Waals surface area (Å²) in [7, 11) is 2.58. The van der Waals surface area contributed by atoms with E-state index in [1.54, 1.807) is 0 Å². The molecule has 4 N–H and O–H groups in total. The molecule has 2 saturated heterocycles. The number of amides is 4. The summed E-state index contributed by atoms with van der Waals surface area (Å²) in [5.74, 6) is 1.02. The average molecular weight is 911 g/mol. The maximum Gasteiger partial charge on any atom is 0.407 e. The van der Waals surface area contributed by atoms with Crippen LogP contribution in [-0.4, -0.2) is 81.0 Å². The fourth-order valence-electron chi connectivity index (χ4n) is 9.36. The topological polar surface area (TPSA) is 175 Å². The third-order valence-electron chi connectivity index (χ3n) is 13.0. The molecular formula is C54H54N8O6. The van der Waals surface area contributed by atoms with Crippen LogP contribution in [0.2, 0.25) is 0 Å². The van der Waals surface area contributed by atoms with E-state index in [1.807, 2.05) is 82.9 Å². The van der Waals surface area contributed by atoms with Crippen molar-refractivity contribution in [3.05, 3.63) is 169 Å². The lowest BCUT2D eigenvalue weighted by Crippen LogP contribution is -2.46. The number of rotatable bonds is 12. The van der Waals surface area contributed by atoms with Gasteiger partial charge in [0.2, 0.25) is 0 Å². The van der Waals surface area contributed by atoms with Crippen molar-refractivity contribution in [2.75, 3.05) is 27.3 Å². The highest BCUT2D eigenvalue weighted by Crippen LogP contribution is 2.36. The van der Waals surface area contributed by atoms with Crippen LogP contribution in [0.4, 0.5) is 9.59 Å². The van der Waals surface area contributed by atoms with Gasteiger partial charge >= 0.3 is 12.2 Å². The van der Waals surface area contributed by atoms with Gasteiger partial charge in [-0.1, -0.05) is 133 Å². The first-order chi connectivity index (χ1) is 33.3. The summed E-state index contributed by atoms with van der Waals surface area (Å²) in [6, 6.07) is 41.3. The van der Waals surface area contributed by atoms with E-state index in [9.17, 15) is 19.2 Å². The number of hydrogen-bond donors (Lipinski definition) is 4. The molecule has 14 heteroatoms. The molecule has 2 aromatic heterocycles. The standard InChI is InChI=1S/C54H54N8O6/c1-67-53(65)59-47(41-13-5-3-6-14-41)51(63)61-31-11-9-17-45(61)49-55-33-43(57-49)39-27-23-37(24-28-39)35-19-21-36(22-20-35)38-25-29-40(30-26-38)44-34-56-50(58-44)46-18-10-12-32-62(46)52(64)48(60-54(66)68-2)42-15-7-4-8-16-42/h3-8,13-16,19-30,33-34,45-48H,9-12,17-18,31-32H2,1-2H3,(H,55,57)(H,56,58)(H,59,65)(H,60,66). The molecule has 346 valence electrons. The molecule has 5 aromatic carbocycles. The molecule has 0 saturated carbocycles. The zero-order chi connectivity index (χ0) is 47.0. The Bertz CT molecular complexity index is 2630. The van der Waals surface area contributed by atoms with Crippen molar-refractivity contribution >= 4 is 24.0 Å². The van der Waals surface area contributed by atoms with E-state index in [-0.39, 0.29) is 23.9 Å². The first-order valence-corrected chi connectivity index (χ1v) is 23.1. The SMILES string of the molecule is COC(=O)NC(C(=O)N1CCCCC1c1ncc(-c2ccc(-c3ccc(-c4ccc(-c5cnc(C6CCCCN6C(=O)C(NC(=O)OC)c6ccccc6)[nH]5)cc4)cc3)cc2)[nH]1)c1ccccc1. The van der Waals surface area contributed by atoms with Crippen LogP contribution in [0.25, 0.3) is 44.8 Å². The molecule has 4 atom stereocenters. The molecule has 68 heavy (non-hydrogen) atoms. The van der Waals surface area contributed by atoms with E-state index < -0.39 is 24.3 Å². The second-order valence-electron chi connectivity index (χ2n) is 17.1. The van der Waals surface area contributed by atoms with Gasteiger partial charge in [-0.3, -0.25) is 9.59 Å². The van der Waals surface area contributed by atoms with Crippen LogP contribution in [0.5, 0.6) is 0 Å². The van der Waals surface area contributed by atoms with E-state index >= 15 is 0 Å². The highest BCUT2D eigenvalue weighted by atomic mass is 16.5. The summed E-state index contributed by atoms with van der Waals surface area (Å²) < 4.78 is 9.73. The van der Waals surface area contributed by atoms with Crippen LogP contribution in [0, 0.1) is 0 Å². The average Bonchev–Trinajstić information content (AvgIpc) is 4.12. The Morgan fingerprint density at radius 3 is 1.18 bits per heavy atom. The molecule has 9 rings (SSSR count). The predicted molar refractivity (Wildman–Crippen MR) is 259 cm³/mol. The van der Waals surface area contributed by atoms with Gasteiger partial charge in [0, 0.05) is 13.1 Å². The summed E-state index contributed by atoms with van der Waals surface area (Å²) >= 11 is 0. The third-order valence-corrected chi connectivity index (χ3v) is 13.0. The Kier molecular flexibility index (Phi) is 13.7. The van der Waals surface area contributed by atoms with E-state index in [2.05, 4.69) is 93.4 Å². The predicted octanol–water partition coefficient (Wildman–Crippen LogP) is 10.1. The highest BCUT2D eigenvalue weighted by molar-refractivity contribution is 5.88. The zero-order valence-electron chi connectivity index (χ0n) is 38.1. The molecular weight excluding hydrogens is 857 g/mol. The summed E-state index contributed by atoms with van der Waals surface area (Å²) in [6.45, 7) is 1.11. The number of piperidine rings is 2. The van der Waals surface area contributed by atoms with E-state index in [0.29, 0.717) is 35.9 Å². The van der Waals surface area contributed by atoms with Gasteiger partial charge in [-0.2, -0.15) is 0 Å². The lowest BCUT2D eigenvalue weighted by Gasteiger charge is -2.37. The number of benzene rings is 5. The minimum Gasteiger partial charge on any atom is -0.453 e. The smallest absolute Gasteiger partial charge is 0.407 e. The largest absolute Gasteiger partial charge is 0.453 e. The number of carbonyl (C=O) groups is 4. The normalized spacial score (nSPS) is 16.9. The molecule has 0 bridgehead atoms. The quantitative estimate of drug-likeness (QED) is 0.0937. The number of hydrogen-bond acceptors (Lipinski definition) is 8. The number of aromatic amines is 2. The van der Waals surface area contributed by atoms with Gasteiger partial charge in [0.15, 0.2) is 0 Å². The molecule has 0 radical (unpaired) electrons. The Balaban J connectivity index is 0.847. The number of methoxy groups -OCH3 is 2. The Labute approximate surface area is 395 Å². The fraction of sp³-hybridized carbons (Fsp3) is 0.259. The van der Waals surface area contributed by atoms with Gasteiger partial charge in [0.05, 0.1) is 50.1 Å². The maximum atomic E-state index is 14.1. The number of H-pyrrole nitrogens is 2. The number of nitrogens with one attached hydrogen (secondary N) is 4. The molecule has 0 spiro atoms. The maximum absolute atomic E-state index is 14.1. The summed E-state index contributed by atoms with van der Waals surface area (Å²) in [6.07, 6.45) is 7.45. The molecule has 4 unspecified atom stereocenters. The number of imidazole rings is 2. The van der Waals surface area contributed by atoms with E-state index in [1.165, 1.54) is 14.2 Å². The lowest BCUT2D eigenvalue weighted by atomic mass is 9.98. The van der Waals surface area contributed by atoms with Crippen LogP contribution in [-0.2, 0) is 19.1 Å². The van der Waals surface area contributed by atoms with Gasteiger partial charge in [-0.25, -0.2) is 19.6 Å². The number of aromatic nitrogens is 4. The number of likely N-dealkylation sites (tertiary alicyclic amines) is 2. The van der Waals surface area contributed by atoms with E-state index in [0.717, 1.165) is 83.3 Å². The van der Waals surface area contributed by atoms with Crippen molar-refractivity contribution in [3.8, 4) is 44.8 Å². The first kappa shape index (κ1) is 45.2. The lowest BCUT2D eigenvalue weighted by molar-refractivity contribution is -0.138. The molecule has 14 nitrogen and oxygen atoms in total. The van der Waals surface area contributed by atoms with Gasteiger partial charge in [0.25, 0.3) is 11.8 Å². The second kappa shape index (κ2) is 20.7. The first-order valence-electron chi connectivity index (χ1n) is 23.1. The highest BCUT2D eigenvalue weighted by Gasteiger charge is 2.37. The van der Waals surface area contributed by atoms with Crippen LogP contribution in [0.15, 0.2) is 146 Å². The van der Waals surface area contributed by atoms with Crippen molar-refractivity contribution in [1.82, 2.24) is 40.4 Å². The van der Waals surface area contributed by atoms with Gasteiger partial charge in [0.1, 0.15) is 23.7 Å². The Morgan fingerprint density at radius 1 is 0.500 bits per heavy atom. The fourth-order valence-corrected chi connectivity index (χ4v) is 9.36. The number of ether oxygens (including phenoxy) is 2. The third kappa shape index (κ3) is 9.90. The molecule has 7 aromatic rings. The number of carbonyl (C=O) groups excluding carboxylic acids is 4. The molecule has 2 aliphatic heterocycles. The van der Waals surface area contributed by atoms with Crippen molar-refractivity contribution in [3.63, 3.8) is 0 Å². The number of alkyl carbamates (subject to hydrolysis) is 2. The minimum absolute atomic E-state index is 0.203. The molecule has 2 aliphatic rings. The second-order valence-corrected chi connectivity index (χ2v) is 17.1. The summed E-state index contributed by atoms with van der Waals surface area (Å²) in [4.78, 5) is 73.0. The Hall–Kier alpha value is -8.00.